The molecule has 26 heavy (non-hydrogen) atoms. The number of likely N-dealkylation sites (N-methyl/N-ethyl adjacent to an activating group) is 1. The fraction of sp³-hybridized carbons (Fsp3) is 0.364. The molecular formula is C22H29BrN2O. The monoisotopic (exact) mass is 416 g/mol. The van der Waals surface area contributed by atoms with Gasteiger partial charge in [-0.3, -0.25) is 0 Å². The van der Waals surface area contributed by atoms with Crippen LogP contribution < -0.4 is 9.64 Å². The Morgan fingerprint density at radius 3 is 2.27 bits per heavy atom. The van der Waals surface area contributed by atoms with Crippen LogP contribution in [0, 0.1) is 0 Å². The average Bonchev–Trinajstić information content (AvgIpc) is 2.66. The van der Waals surface area contributed by atoms with Gasteiger partial charge in [-0.15, -0.1) is 0 Å². The second-order valence-corrected chi connectivity index (χ2v) is 7.37. The van der Waals surface area contributed by atoms with E-state index in [0.29, 0.717) is 6.61 Å². The van der Waals surface area contributed by atoms with Gasteiger partial charge in [-0.2, -0.15) is 0 Å². The zero-order valence-corrected chi connectivity index (χ0v) is 17.6. The Morgan fingerprint density at radius 1 is 0.962 bits per heavy atom. The summed E-state index contributed by atoms with van der Waals surface area (Å²) >= 11 is 3.37. The highest BCUT2D eigenvalue weighted by Crippen LogP contribution is 2.14. The van der Waals surface area contributed by atoms with E-state index in [1.165, 1.54) is 16.8 Å². The van der Waals surface area contributed by atoms with Gasteiger partial charge in [-0.25, -0.2) is 0 Å². The lowest BCUT2D eigenvalue weighted by Crippen LogP contribution is -2.21. The minimum Gasteiger partial charge on any atom is -0.493 e. The van der Waals surface area contributed by atoms with Gasteiger partial charge in [0.2, 0.25) is 0 Å². The molecule has 0 bridgehead atoms. The van der Waals surface area contributed by atoms with E-state index in [9.17, 15) is 0 Å². The number of halogens is 1. The first kappa shape index (κ1) is 20.5. The highest BCUT2D eigenvalue weighted by Gasteiger charge is 1.99. The summed E-state index contributed by atoms with van der Waals surface area (Å²) < 4.78 is 5.58. The quantitative estimate of drug-likeness (QED) is 0.521. The molecule has 0 spiro atoms. The first-order valence-electron chi connectivity index (χ1n) is 8.98. The van der Waals surface area contributed by atoms with Crippen LogP contribution in [-0.2, 0) is 6.42 Å². The number of ether oxygens (including phenoxy) is 1. The third-order valence-corrected chi connectivity index (χ3v) is 4.51. The zero-order chi connectivity index (χ0) is 18.8. The molecule has 0 aliphatic rings. The normalized spacial score (nSPS) is 11.3. The SMILES string of the molecule is CN(CC=Cc1ccc(N(C)C)cc1)CCc1ccc(OCCBr)cc1. The molecule has 4 heteroatoms. The summed E-state index contributed by atoms with van der Waals surface area (Å²) in [6.45, 7) is 2.68. The third-order valence-electron chi connectivity index (χ3n) is 4.19. The molecule has 0 heterocycles. The van der Waals surface area contributed by atoms with E-state index in [1.807, 2.05) is 0 Å². The van der Waals surface area contributed by atoms with Crippen molar-refractivity contribution in [2.75, 3.05) is 51.1 Å². The molecule has 0 saturated carbocycles. The summed E-state index contributed by atoms with van der Waals surface area (Å²) in [6.07, 6.45) is 5.45. The Kier molecular flexibility index (Phi) is 8.72. The number of hydrogen-bond donors (Lipinski definition) is 0. The Hall–Kier alpha value is -1.78. The second-order valence-electron chi connectivity index (χ2n) is 6.58. The molecule has 0 saturated heterocycles. The Morgan fingerprint density at radius 2 is 1.65 bits per heavy atom. The predicted molar refractivity (Wildman–Crippen MR) is 117 cm³/mol. The van der Waals surface area contributed by atoms with E-state index < -0.39 is 0 Å². The molecule has 140 valence electrons. The van der Waals surface area contributed by atoms with Crippen molar-refractivity contribution in [3.05, 3.63) is 65.7 Å². The van der Waals surface area contributed by atoms with Crippen LogP contribution in [0.25, 0.3) is 6.08 Å². The highest BCUT2D eigenvalue weighted by atomic mass is 79.9. The fourth-order valence-corrected chi connectivity index (χ4v) is 2.73. The van der Waals surface area contributed by atoms with Crippen molar-refractivity contribution < 1.29 is 4.74 Å². The van der Waals surface area contributed by atoms with Gasteiger partial charge in [-0.05, 0) is 48.9 Å². The van der Waals surface area contributed by atoms with Gasteiger partial charge in [0.25, 0.3) is 0 Å². The first-order chi connectivity index (χ1) is 12.6. The molecule has 0 unspecified atom stereocenters. The summed E-state index contributed by atoms with van der Waals surface area (Å²) in [7, 11) is 6.28. The summed E-state index contributed by atoms with van der Waals surface area (Å²) in [5.41, 5.74) is 3.80. The third kappa shape index (κ3) is 7.22. The summed E-state index contributed by atoms with van der Waals surface area (Å²) in [5.74, 6) is 0.935. The zero-order valence-electron chi connectivity index (χ0n) is 16.0. The van der Waals surface area contributed by atoms with Gasteiger partial charge in [0.15, 0.2) is 0 Å². The molecule has 0 fully saturated rings. The topological polar surface area (TPSA) is 15.7 Å². The lowest BCUT2D eigenvalue weighted by atomic mass is 10.1. The van der Waals surface area contributed by atoms with Crippen LogP contribution in [0.5, 0.6) is 5.75 Å². The molecular weight excluding hydrogens is 388 g/mol. The molecule has 0 aromatic heterocycles. The predicted octanol–water partition coefficient (Wildman–Crippen LogP) is 4.71. The van der Waals surface area contributed by atoms with Gasteiger partial charge < -0.3 is 14.5 Å². The maximum Gasteiger partial charge on any atom is 0.119 e. The van der Waals surface area contributed by atoms with Crippen LogP contribution in [0.3, 0.4) is 0 Å². The van der Waals surface area contributed by atoms with Crippen molar-refractivity contribution in [1.29, 1.82) is 0 Å². The largest absolute Gasteiger partial charge is 0.493 e. The van der Waals surface area contributed by atoms with E-state index >= 15 is 0 Å². The molecule has 0 atom stereocenters. The minimum absolute atomic E-state index is 0.701. The van der Waals surface area contributed by atoms with E-state index in [-0.39, 0.29) is 0 Å². The molecule has 2 aromatic rings. The standard InChI is InChI=1S/C22H29BrN2O/c1-24(2)21-10-6-19(7-11-21)5-4-16-25(3)17-14-20-8-12-22(13-9-20)26-18-15-23/h4-13H,14-18H2,1-3H3. The molecule has 0 aliphatic carbocycles. The summed E-state index contributed by atoms with van der Waals surface area (Å²) in [6, 6.07) is 17.0. The lowest BCUT2D eigenvalue weighted by Gasteiger charge is -2.14. The van der Waals surface area contributed by atoms with Crippen LogP contribution >= 0.6 is 15.9 Å². The summed E-state index contributed by atoms with van der Waals surface area (Å²) in [4.78, 5) is 4.45. The van der Waals surface area contributed by atoms with Gasteiger partial charge in [0.05, 0.1) is 6.61 Å². The number of anilines is 1. The van der Waals surface area contributed by atoms with Crippen LogP contribution in [0.2, 0.25) is 0 Å². The van der Waals surface area contributed by atoms with E-state index in [4.69, 9.17) is 4.74 Å². The van der Waals surface area contributed by atoms with Crippen molar-refractivity contribution in [1.82, 2.24) is 4.90 Å². The maximum atomic E-state index is 5.58. The molecule has 2 aromatic carbocycles. The Bertz CT molecular complexity index is 666. The van der Waals surface area contributed by atoms with Crippen molar-refractivity contribution >= 4 is 27.7 Å². The number of benzene rings is 2. The van der Waals surface area contributed by atoms with Gasteiger partial charge in [-0.1, -0.05) is 52.3 Å². The van der Waals surface area contributed by atoms with E-state index in [0.717, 1.165) is 30.6 Å². The van der Waals surface area contributed by atoms with Crippen LogP contribution in [0.4, 0.5) is 5.69 Å². The van der Waals surface area contributed by atoms with Crippen LogP contribution in [-0.4, -0.2) is 51.1 Å². The number of nitrogens with zero attached hydrogens (tertiary/aromatic N) is 2. The smallest absolute Gasteiger partial charge is 0.119 e. The first-order valence-corrected chi connectivity index (χ1v) is 10.1. The average molecular weight is 417 g/mol. The number of hydrogen-bond acceptors (Lipinski definition) is 3. The Balaban J connectivity index is 1.73. The summed E-state index contributed by atoms with van der Waals surface area (Å²) in [5, 5.41) is 0.854. The number of alkyl halides is 1. The highest BCUT2D eigenvalue weighted by molar-refractivity contribution is 9.09. The van der Waals surface area contributed by atoms with E-state index in [1.54, 1.807) is 0 Å². The molecule has 0 radical (unpaired) electrons. The minimum atomic E-state index is 0.701. The van der Waals surface area contributed by atoms with Crippen molar-refractivity contribution in [2.24, 2.45) is 0 Å². The number of rotatable bonds is 10. The lowest BCUT2D eigenvalue weighted by molar-refractivity contribution is 0.344. The van der Waals surface area contributed by atoms with Crippen molar-refractivity contribution in [3.63, 3.8) is 0 Å². The fourth-order valence-electron chi connectivity index (χ4n) is 2.57. The van der Waals surface area contributed by atoms with Crippen molar-refractivity contribution in [2.45, 2.75) is 6.42 Å². The van der Waals surface area contributed by atoms with Gasteiger partial charge in [0, 0.05) is 38.2 Å². The Labute approximate surface area is 166 Å². The second kappa shape index (κ2) is 11.0. The van der Waals surface area contributed by atoms with Crippen molar-refractivity contribution in [3.8, 4) is 5.75 Å². The van der Waals surface area contributed by atoms with Gasteiger partial charge >= 0.3 is 0 Å². The molecule has 2 rings (SSSR count). The van der Waals surface area contributed by atoms with Crippen LogP contribution in [0.15, 0.2) is 54.6 Å². The molecule has 0 amide bonds. The molecule has 0 aliphatic heterocycles. The van der Waals surface area contributed by atoms with E-state index in [2.05, 4.69) is 108 Å². The van der Waals surface area contributed by atoms with Gasteiger partial charge in [0.1, 0.15) is 5.75 Å². The molecule has 3 nitrogen and oxygen atoms in total. The van der Waals surface area contributed by atoms with Crippen LogP contribution in [0.1, 0.15) is 11.1 Å². The molecule has 0 N–H and O–H groups in total. The maximum absolute atomic E-state index is 5.58.